The molecule has 2 aromatic carbocycles. The number of carbonyl (C=O) groups is 1. The number of nitrogens with zero attached hydrogens (tertiary/aromatic N) is 1. The van der Waals surface area contributed by atoms with Gasteiger partial charge in [-0.1, -0.05) is 45.7 Å². The van der Waals surface area contributed by atoms with Gasteiger partial charge in [-0.25, -0.2) is 0 Å². The van der Waals surface area contributed by atoms with Crippen molar-refractivity contribution in [2.45, 2.75) is 0 Å². The molecule has 22 heavy (non-hydrogen) atoms. The summed E-state index contributed by atoms with van der Waals surface area (Å²) in [6.45, 7) is 0. The summed E-state index contributed by atoms with van der Waals surface area (Å²) in [5.41, 5.74) is 1.88. The standard InChI is InChI=1S/C16H10BrClN2OS/c17-11-5-7-12(8-6-11)20-15(21)14(19-16(20)22)9-10-3-1-2-4-13(10)18/h1-9H,(H,19,22)/b14-9-. The zero-order valence-electron chi connectivity index (χ0n) is 11.2. The van der Waals surface area contributed by atoms with Crippen molar-refractivity contribution in [3.05, 3.63) is 69.3 Å². The van der Waals surface area contributed by atoms with Gasteiger partial charge in [-0.3, -0.25) is 9.69 Å². The molecular formula is C16H10BrClN2OS. The summed E-state index contributed by atoms with van der Waals surface area (Å²) in [4.78, 5) is 14.0. The van der Waals surface area contributed by atoms with Crippen molar-refractivity contribution >= 4 is 62.5 Å². The predicted molar refractivity (Wildman–Crippen MR) is 96.8 cm³/mol. The van der Waals surface area contributed by atoms with Gasteiger partial charge in [-0.2, -0.15) is 0 Å². The molecule has 3 nitrogen and oxygen atoms in total. The fourth-order valence-electron chi connectivity index (χ4n) is 2.11. The predicted octanol–water partition coefficient (Wildman–Crippen LogP) is 4.36. The first kappa shape index (κ1) is 15.2. The largest absolute Gasteiger partial charge is 0.327 e. The summed E-state index contributed by atoms with van der Waals surface area (Å²) in [7, 11) is 0. The van der Waals surface area contributed by atoms with Gasteiger partial charge in [-0.05, 0) is 54.2 Å². The van der Waals surface area contributed by atoms with Crippen LogP contribution in [-0.2, 0) is 4.79 Å². The van der Waals surface area contributed by atoms with Gasteiger partial charge in [0, 0.05) is 9.50 Å². The van der Waals surface area contributed by atoms with Gasteiger partial charge in [0.1, 0.15) is 5.70 Å². The molecule has 1 aliphatic rings. The van der Waals surface area contributed by atoms with Crippen molar-refractivity contribution in [3.8, 4) is 0 Å². The van der Waals surface area contributed by atoms with Gasteiger partial charge in [0.2, 0.25) is 0 Å². The Balaban J connectivity index is 1.95. The molecule has 1 saturated heterocycles. The zero-order chi connectivity index (χ0) is 15.7. The average molecular weight is 394 g/mol. The second-order valence-electron chi connectivity index (χ2n) is 4.63. The average Bonchev–Trinajstić information content (AvgIpc) is 2.77. The third-order valence-electron chi connectivity index (χ3n) is 3.17. The van der Waals surface area contributed by atoms with Crippen LogP contribution >= 0.6 is 39.7 Å². The SMILES string of the molecule is O=C1/C(=C/c2ccccc2Cl)NC(=S)N1c1ccc(Br)cc1. The van der Waals surface area contributed by atoms with Crippen LogP contribution in [-0.4, -0.2) is 11.0 Å². The first-order valence-electron chi connectivity index (χ1n) is 6.43. The number of hydrogen-bond acceptors (Lipinski definition) is 2. The molecular weight excluding hydrogens is 384 g/mol. The van der Waals surface area contributed by atoms with E-state index >= 15 is 0 Å². The van der Waals surface area contributed by atoms with E-state index in [0.29, 0.717) is 21.5 Å². The molecule has 2 aromatic rings. The minimum absolute atomic E-state index is 0.202. The number of halogens is 2. The van der Waals surface area contributed by atoms with E-state index in [2.05, 4.69) is 21.2 Å². The van der Waals surface area contributed by atoms with Gasteiger partial charge in [-0.15, -0.1) is 0 Å². The fraction of sp³-hybridized carbons (Fsp3) is 0. The Morgan fingerprint density at radius 2 is 1.82 bits per heavy atom. The summed E-state index contributed by atoms with van der Waals surface area (Å²) < 4.78 is 0.939. The maximum Gasteiger partial charge on any atom is 0.281 e. The molecule has 1 N–H and O–H groups in total. The molecule has 0 atom stereocenters. The Labute approximate surface area is 146 Å². The Kier molecular flexibility index (Phi) is 4.29. The van der Waals surface area contributed by atoms with Crippen LogP contribution in [0.1, 0.15) is 5.56 Å². The third kappa shape index (κ3) is 2.92. The molecule has 1 fully saturated rings. The van der Waals surface area contributed by atoms with E-state index in [1.54, 1.807) is 12.1 Å². The summed E-state index contributed by atoms with van der Waals surface area (Å²) >= 11 is 14.8. The highest BCUT2D eigenvalue weighted by Crippen LogP contribution is 2.25. The molecule has 0 saturated carbocycles. The van der Waals surface area contributed by atoms with Crippen molar-refractivity contribution in [1.82, 2.24) is 5.32 Å². The van der Waals surface area contributed by atoms with E-state index in [4.69, 9.17) is 23.8 Å². The molecule has 0 aliphatic carbocycles. The van der Waals surface area contributed by atoms with Crippen molar-refractivity contribution in [2.75, 3.05) is 4.90 Å². The molecule has 0 spiro atoms. The molecule has 0 unspecified atom stereocenters. The molecule has 0 bridgehead atoms. The number of rotatable bonds is 2. The van der Waals surface area contributed by atoms with Gasteiger partial charge < -0.3 is 5.32 Å². The summed E-state index contributed by atoms with van der Waals surface area (Å²) in [6.07, 6.45) is 1.70. The molecule has 1 amide bonds. The van der Waals surface area contributed by atoms with E-state index in [0.717, 1.165) is 10.0 Å². The quantitative estimate of drug-likeness (QED) is 0.607. The summed E-state index contributed by atoms with van der Waals surface area (Å²) in [5, 5.41) is 3.87. The van der Waals surface area contributed by atoms with Crippen LogP contribution in [0.2, 0.25) is 5.02 Å². The lowest BCUT2D eigenvalue weighted by atomic mass is 10.2. The maximum atomic E-state index is 12.6. The number of carbonyl (C=O) groups excluding carboxylic acids is 1. The highest BCUT2D eigenvalue weighted by molar-refractivity contribution is 9.10. The maximum absolute atomic E-state index is 12.6. The number of benzene rings is 2. The molecule has 1 aliphatic heterocycles. The molecule has 0 radical (unpaired) electrons. The zero-order valence-corrected chi connectivity index (χ0v) is 14.4. The molecule has 1 heterocycles. The van der Waals surface area contributed by atoms with Gasteiger partial charge in [0.05, 0.1) is 5.69 Å². The highest BCUT2D eigenvalue weighted by Gasteiger charge is 2.31. The number of thiocarbonyl (C=S) groups is 1. The van der Waals surface area contributed by atoms with Crippen molar-refractivity contribution in [1.29, 1.82) is 0 Å². The van der Waals surface area contributed by atoms with Gasteiger partial charge in [0.25, 0.3) is 5.91 Å². The molecule has 6 heteroatoms. The first-order chi connectivity index (χ1) is 10.6. The van der Waals surface area contributed by atoms with Crippen LogP contribution in [0.3, 0.4) is 0 Å². The van der Waals surface area contributed by atoms with E-state index < -0.39 is 0 Å². The number of hydrogen-bond donors (Lipinski definition) is 1. The van der Waals surface area contributed by atoms with Crippen molar-refractivity contribution in [3.63, 3.8) is 0 Å². The Morgan fingerprint density at radius 1 is 1.14 bits per heavy atom. The van der Waals surface area contributed by atoms with Crippen LogP contribution in [0.25, 0.3) is 6.08 Å². The molecule has 3 rings (SSSR count). The van der Waals surface area contributed by atoms with E-state index in [9.17, 15) is 4.79 Å². The number of amides is 1. The van der Waals surface area contributed by atoms with Crippen LogP contribution in [0.15, 0.2) is 58.7 Å². The lowest BCUT2D eigenvalue weighted by molar-refractivity contribution is -0.113. The lowest BCUT2D eigenvalue weighted by Crippen LogP contribution is -2.30. The van der Waals surface area contributed by atoms with Crippen molar-refractivity contribution in [2.24, 2.45) is 0 Å². The molecule has 110 valence electrons. The monoisotopic (exact) mass is 392 g/mol. The van der Waals surface area contributed by atoms with Crippen LogP contribution < -0.4 is 10.2 Å². The van der Waals surface area contributed by atoms with E-state index in [1.165, 1.54) is 4.90 Å². The fourth-order valence-corrected chi connectivity index (χ4v) is 2.86. The normalized spacial score (nSPS) is 16.3. The van der Waals surface area contributed by atoms with Crippen molar-refractivity contribution < 1.29 is 4.79 Å². The van der Waals surface area contributed by atoms with Crippen LogP contribution in [0.4, 0.5) is 5.69 Å². The topological polar surface area (TPSA) is 32.3 Å². The Bertz CT molecular complexity index is 789. The van der Waals surface area contributed by atoms with Gasteiger partial charge >= 0.3 is 0 Å². The third-order valence-corrected chi connectivity index (χ3v) is 4.33. The second kappa shape index (κ2) is 6.20. The molecule has 0 aromatic heterocycles. The number of nitrogens with one attached hydrogen (secondary N) is 1. The second-order valence-corrected chi connectivity index (χ2v) is 6.34. The summed E-state index contributed by atoms with van der Waals surface area (Å²) in [6, 6.07) is 14.7. The van der Waals surface area contributed by atoms with E-state index in [-0.39, 0.29) is 5.91 Å². The highest BCUT2D eigenvalue weighted by atomic mass is 79.9. The van der Waals surface area contributed by atoms with Crippen LogP contribution in [0.5, 0.6) is 0 Å². The summed E-state index contributed by atoms with van der Waals surface area (Å²) in [5.74, 6) is -0.202. The Morgan fingerprint density at radius 3 is 2.50 bits per heavy atom. The first-order valence-corrected chi connectivity index (χ1v) is 8.01. The lowest BCUT2D eigenvalue weighted by Gasteiger charge is -2.13. The smallest absolute Gasteiger partial charge is 0.281 e. The minimum Gasteiger partial charge on any atom is -0.327 e. The Hall–Kier alpha value is -1.69. The van der Waals surface area contributed by atoms with Crippen LogP contribution in [0, 0.1) is 0 Å². The number of anilines is 1. The minimum atomic E-state index is -0.202. The van der Waals surface area contributed by atoms with Gasteiger partial charge in [0.15, 0.2) is 5.11 Å². The van der Waals surface area contributed by atoms with E-state index in [1.807, 2.05) is 42.5 Å².